The van der Waals surface area contributed by atoms with Crippen molar-refractivity contribution >= 4 is 0 Å². The average Bonchev–Trinajstić information content (AvgIpc) is 2.30. The lowest BCUT2D eigenvalue weighted by molar-refractivity contribution is 0.0384. The molecule has 0 bridgehead atoms. The Balaban J connectivity index is 1.79. The third-order valence-corrected chi connectivity index (χ3v) is 2.76. The molecule has 1 fully saturated rings. The highest BCUT2D eigenvalue weighted by molar-refractivity contribution is 5.25. The Kier molecular flexibility index (Phi) is 3.59. The van der Waals surface area contributed by atoms with Crippen LogP contribution in [-0.2, 0) is 11.2 Å². The number of morpholine rings is 1. The van der Waals surface area contributed by atoms with E-state index in [1.54, 1.807) is 12.1 Å². The molecular formula is C12H17NO2. The fourth-order valence-electron chi connectivity index (χ4n) is 1.77. The molecule has 1 aliphatic rings. The van der Waals surface area contributed by atoms with Crippen LogP contribution in [0.4, 0.5) is 0 Å². The minimum Gasteiger partial charge on any atom is -0.508 e. The molecule has 3 nitrogen and oxygen atoms in total. The molecule has 2 rings (SSSR count). The van der Waals surface area contributed by atoms with Crippen LogP contribution in [0, 0.1) is 0 Å². The maximum Gasteiger partial charge on any atom is 0.115 e. The minimum absolute atomic E-state index is 0.338. The van der Waals surface area contributed by atoms with E-state index in [1.807, 2.05) is 12.1 Å². The molecule has 15 heavy (non-hydrogen) atoms. The zero-order chi connectivity index (χ0) is 10.5. The Morgan fingerprint density at radius 1 is 1.13 bits per heavy atom. The highest BCUT2D eigenvalue weighted by Gasteiger charge is 2.09. The summed E-state index contributed by atoms with van der Waals surface area (Å²) in [6, 6.07) is 7.45. The molecule has 3 heteroatoms. The van der Waals surface area contributed by atoms with Gasteiger partial charge in [-0.2, -0.15) is 0 Å². The molecule has 82 valence electrons. The Hall–Kier alpha value is -1.06. The highest BCUT2D eigenvalue weighted by atomic mass is 16.5. The fraction of sp³-hybridized carbons (Fsp3) is 0.500. The van der Waals surface area contributed by atoms with Crippen LogP contribution < -0.4 is 0 Å². The van der Waals surface area contributed by atoms with Gasteiger partial charge in [-0.3, -0.25) is 4.90 Å². The van der Waals surface area contributed by atoms with Crippen LogP contribution in [0.5, 0.6) is 5.75 Å². The Morgan fingerprint density at radius 2 is 1.80 bits per heavy atom. The van der Waals surface area contributed by atoms with E-state index in [1.165, 1.54) is 5.56 Å². The number of nitrogens with zero attached hydrogens (tertiary/aromatic N) is 1. The lowest BCUT2D eigenvalue weighted by Gasteiger charge is -2.26. The quantitative estimate of drug-likeness (QED) is 0.810. The first-order valence-electron chi connectivity index (χ1n) is 5.42. The first-order valence-corrected chi connectivity index (χ1v) is 5.42. The number of aromatic hydroxyl groups is 1. The molecule has 0 aromatic heterocycles. The number of hydrogen-bond donors (Lipinski definition) is 1. The van der Waals surface area contributed by atoms with Crippen LogP contribution in [-0.4, -0.2) is 42.9 Å². The van der Waals surface area contributed by atoms with Gasteiger partial charge >= 0.3 is 0 Å². The van der Waals surface area contributed by atoms with Crippen LogP contribution in [0.3, 0.4) is 0 Å². The molecule has 0 atom stereocenters. The third kappa shape index (κ3) is 3.22. The summed E-state index contributed by atoms with van der Waals surface area (Å²) < 4.78 is 5.29. The number of benzene rings is 1. The number of hydrogen-bond acceptors (Lipinski definition) is 3. The lowest BCUT2D eigenvalue weighted by atomic mass is 10.1. The first kappa shape index (κ1) is 10.5. The number of phenolic OH excluding ortho intramolecular Hbond substituents is 1. The van der Waals surface area contributed by atoms with Crippen molar-refractivity contribution in [2.45, 2.75) is 6.42 Å². The van der Waals surface area contributed by atoms with Gasteiger partial charge in [0.1, 0.15) is 5.75 Å². The molecule has 0 aliphatic carbocycles. The van der Waals surface area contributed by atoms with Crippen molar-refractivity contribution in [2.75, 3.05) is 32.8 Å². The van der Waals surface area contributed by atoms with Crippen molar-refractivity contribution in [1.82, 2.24) is 4.90 Å². The monoisotopic (exact) mass is 207 g/mol. The SMILES string of the molecule is Oc1ccc(CCN2CCOCC2)cc1. The normalized spacial score (nSPS) is 17.9. The van der Waals surface area contributed by atoms with Gasteiger partial charge in [0.15, 0.2) is 0 Å². The molecule has 0 saturated carbocycles. The predicted molar refractivity (Wildman–Crippen MR) is 59.1 cm³/mol. The van der Waals surface area contributed by atoms with Gasteiger partial charge in [0, 0.05) is 19.6 Å². The molecule has 0 spiro atoms. The van der Waals surface area contributed by atoms with E-state index in [0.717, 1.165) is 39.3 Å². The molecular weight excluding hydrogens is 190 g/mol. The average molecular weight is 207 g/mol. The third-order valence-electron chi connectivity index (χ3n) is 2.76. The smallest absolute Gasteiger partial charge is 0.115 e. The van der Waals surface area contributed by atoms with E-state index < -0.39 is 0 Å². The van der Waals surface area contributed by atoms with Gasteiger partial charge < -0.3 is 9.84 Å². The van der Waals surface area contributed by atoms with Gasteiger partial charge in [-0.15, -0.1) is 0 Å². The molecule has 1 aromatic carbocycles. The zero-order valence-corrected chi connectivity index (χ0v) is 8.85. The van der Waals surface area contributed by atoms with E-state index in [0.29, 0.717) is 5.75 Å². The van der Waals surface area contributed by atoms with Crippen LogP contribution in [0.1, 0.15) is 5.56 Å². The fourth-order valence-corrected chi connectivity index (χ4v) is 1.77. The summed E-state index contributed by atoms with van der Waals surface area (Å²) in [6.07, 6.45) is 1.04. The summed E-state index contributed by atoms with van der Waals surface area (Å²) in [5, 5.41) is 9.15. The number of ether oxygens (including phenoxy) is 1. The van der Waals surface area contributed by atoms with Crippen molar-refractivity contribution in [2.24, 2.45) is 0 Å². The molecule has 1 aromatic rings. The van der Waals surface area contributed by atoms with Crippen molar-refractivity contribution in [3.8, 4) is 5.75 Å². The van der Waals surface area contributed by atoms with Gasteiger partial charge in [-0.1, -0.05) is 12.1 Å². The van der Waals surface area contributed by atoms with E-state index in [2.05, 4.69) is 4.90 Å². The summed E-state index contributed by atoms with van der Waals surface area (Å²) in [6.45, 7) is 4.87. The second-order valence-electron chi connectivity index (χ2n) is 3.87. The van der Waals surface area contributed by atoms with Crippen molar-refractivity contribution in [3.63, 3.8) is 0 Å². The molecule has 1 heterocycles. The van der Waals surface area contributed by atoms with Crippen molar-refractivity contribution in [1.29, 1.82) is 0 Å². The molecule has 0 unspecified atom stereocenters. The van der Waals surface area contributed by atoms with Gasteiger partial charge in [-0.05, 0) is 24.1 Å². The number of rotatable bonds is 3. The first-order chi connectivity index (χ1) is 7.34. The van der Waals surface area contributed by atoms with E-state index in [9.17, 15) is 0 Å². The Labute approximate surface area is 90.3 Å². The van der Waals surface area contributed by atoms with Crippen LogP contribution in [0.25, 0.3) is 0 Å². The van der Waals surface area contributed by atoms with E-state index in [-0.39, 0.29) is 0 Å². The molecule has 1 N–H and O–H groups in total. The van der Waals surface area contributed by atoms with E-state index >= 15 is 0 Å². The predicted octanol–water partition coefficient (Wildman–Crippen LogP) is 1.27. The van der Waals surface area contributed by atoms with Gasteiger partial charge in [0.25, 0.3) is 0 Å². The van der Waals surface area contributed by atoms with E-state index in [4.69, 9.17) is 9.84 Å². The summed E-state index contributed by atoms with van der Waals surface area (Å²) in [5.74, 6) is 0.338. The standard InChI is InChI=1S/C12H17NO2/c14-12-3-1-11(2-4-12)5-6-13-7-9-15-10-8-13/h1-4,14H,5-10H2. The maximum absolute atomic E-state index is 9.15. The van der Waals surface area contributed by atoms with Gasteiger partial charge in [-0.25, -0.2) is 0 Å². The summed E-state index contributed by atoms with van der Waals surface area (Å²) in [5.41, 5.74) is 1.28. The zero-order valence-electron chi connectivity index (χ0n) is 8.85. The van der Waals surface area contributed by atoms with Crippen molar-refractivity contribution < 1.29 is 9.84 Å². The number of phenols is 1. The summed E-state index contributed by atoms with van der Waals surface area (Å²) in [7, 11) is 0. The molecule has 0 radical (unpaired) electrons. The maximum atomic E-state index is 9.15. The van der Waals surface area contributed by atoms with Gasteiger partial charge in [0.05, 0.1) is 13.2 Å². The Bertz CT molecular complexity index is 291. The second kappa shape index (κ2) is 5.14. The molecule has 1 aliphatic heterocycles. The lowest BCUT2D eigenvalue weighted by Crippen LogP contribution is -2.37. The Morgan fingerprint density at radius 3 is 2.47 bits per heavy atom. The van der Waals surface area contributed by atoms with Crippen LogP contribution >= 0.6 is 0 Å². The summed E-state index contributed by atoms with van der Waals surface area (Å²) >= 11 is 0. The van der Waals surface area contributed by atoms with Crippen molar-refractivity contribution in [3.05, 3.63) is 29.8 Å². The minimum atomic E-state index is 0.338. The second-order valence-corrected chi connectivity index (χ2v) is 3.87. The highest BCUT2D eigenvalue weighted by Crippen LogP contribution is 2.10. The van der Waals surface area contributed by atoms with Gasteiger partial charge in [0.2, 0.25) is 0 Å². The molecule has 0 amide bonds. The summed E-state index contributed by atoms with van der Waals surface area (Å²) in [4.78, 5) is 2.41. The topological polar surface area (TPSA) is 32.7 Å². The largest absolute Gasteiger partial charge is 0.508 e. The van der Waals surface area contributed by atoms with Crippen LogP contribution in [0.15, 0.2) is 24.3 Å². The van der Waals surface area contributed by atoms with Crippen LogP contribution in [0.2, 0.25) is 0 Å². The molecule has 1 saturated heterocycles.